The zero-order valence-electron chi connectivity index (χ0n) is 8.72. The van der Waals surface area contributed by atoms with E-state index in [0.29, 0.717) is 6.61 Å². The normalized spacial score (nSPS) is 21.7. The van der Waals surface area contributed by atoms with Gasteiger partial charge in [0, 0.05) is 13.2 Å². The van der Waals surface area contributed by atoms with E-state index in [2.05, 4.69) is 6.92 Å². The van der Waals surface area contributed by atoms with Crippen LogP contribution in [0.4, 0.5) is 0 Å². The van der Waals surface area contributed by atoms with Crippen molar-refractivity contribution in [2.75, 3.05) is 13.2 Å². The van der Waals surface area contributed by atoms with Crippen LogP contribution in [0.5, 0.6) is 0 Å². The van der Waals surface area contributed by atoms with E-state index in [-0.39, 0.29) is 5.60 Å². The van der Waals surface area contributed by atoms with Crippen molar-refractivity contribution in [2.45, 2.75) is 57.5 Å². The van der Waals surface area contributed by atoms with Gasteiger partial charge in [-0.05, 0) is 32.6 Å². The molecule has 13 heavy (non-hydrogen) atoms. The number of unbranched alkanes of at least 4 members (excludes halogenated alkanes) is 1. The molecule has 1 aliphatic carbocycles. The smallest absolute Gasteiger partial charge is 0.0654 e. The summed E-state index contributed by atoms with van der Waals surface area (Å²) in [5.74, 6) is 0. The minimum absolute atomic E-state index is 0.147. The fourth-order valence-corrected chi connectivity index (χ4v) is 1.98. The second-order valence-corrected chi connectivity index (χ2v) is 4.29. The molecule has 1 saturated carbocycles. The lowest BCUT2D eigenvalue weighted by Gasteiger charge is -2.33. The van der Waals surface area contributed by atoms with E-state index in [1.807, 2.05) is 0 Å². The van der Waals surface area contributed by atoms with Gasteiger partial charge in [0.2, 0.25) is 0 Å². The lowest BCUT2D eigenvalue weighted by Crippen LogP contribution is -2.31. The fourth-order valence-electron chi connectivity index (χ4n) is 1.98. The van der Waals surface area contributed by atoms with Crippen LogP contribution in [0.15, 0.2) is 0 Å². The predicted molar refractivity (Wildman–Crippen MR) is 53.8 cm³/mol. The standard InChI is InChI=1S/C11H22O2/c1-11(7-3-2-4-8-11)13-10-6-5-9-12/h12H,2-10H2,1H3. The van der Waals surface area contributed by atoms with Gasteiger partial charge in [-0.25, -0.2) is 0 Å². The number of aliphatic hydroxyl groups excluding tert-OH is 1. The summed E-state index contributed by atoms with van der Waals surface area (Å²) < 4.78 is 5.86. The van der Waals surface area contributed by atoms with Crippen LogP contribution in [-0.2, 0) is 4.74 Å². The Morgan fingerprint density at radius 1 is 1.15 bits per heavy atom. The quantitative estimate of drug-likeness (QED) is 0.668. The van der Waals surface area contributed by atoms with Crippen molar-refractivity contribution < 1.29 is 9.84 Å². The molecule has 0 aliphatic heterocycles. The Morgan fingerprint density at radius 2 is 1.85 bits per heavy atom. The third-order valence-electron chi connectivity index (χ3n) is 2.91. The molecular weight excluding hydrogens is 164 g/mol. The van der Waals surface area contributed by atoms with Gasteiger partial charge < -0.3 is 9.84 Å². The number of hydrogen-bond acceptors (Lipinski definition) is 2. The molecular formula is C11H22O2. The fraction of sp³-hybridized carbons (Fsp3) is 1.00. The van der Waals surface area contributed by atoms with E-state index in [0.717, 1.165) is 19.4 Å². The zero-order chi connectivity index (χ0) is 9.57. The molecule has 0 aromatic carbocycles. The highest BCUT2D eigenvalue weighted by molar-refractivity contribution is 4.79. The second-order valence-electron chi connectivity index (χ2n) is 4.29. The molecule has 1 N–H and O–H groups in total. The first kappa shape index (κ1) is 11.0. The Morgan fingerprint density at radius 3 is 2.46 bits per heavy atom. The Bertz CT molecular complexity index is 128. The van der Waals surface area contributed by atoms with Gasteiger partial charge in [0.15, 0.2) is 0 Å². The van der Waals surface area contributed by atoms with Gasteiger partial charge in [-0.1, -0.05) is 19.3 Å². The van der Waals surface area contributed by atoms with Crippen molar-refractivity contribution in [1.82, 2.24) is 0 Å². The van der Waals surface area contributed by atoms with E-state index in [1.165, 1.54) is 32.1 Å². The Labute approximate surface area is 81.3 Å². The van der Waals surface area contributed by atoms with Crippen molar-refractivity contribution in [3.8, 4) is 0 Å². The number of ether oxygens (including phenoxy) is 1. The first-order chi connectivity index (χ1) is 6.27. The van der Waals surface area contributed by atoms with Gasteiger partial charge in [-0.3, -0.25) is 0 Å². The maximum Gasteiger partial charge on any atom is 0.0654 e. The SMILES string of the molecule is CC1(OCCCCO)CCCCC1. The molecule has 0 heterocycles. The van der Waals surface area contributed by atoms with Crippen molar-refractivity contribution in [3.05, 3.63) is 0 Å². The zero-order valence-corrected chi connectivity index (χ0v) is 8.72. The molecule has 1 fully saturated rings. The second kappa shape index (κ2) is 5.61. The first-order valence-electron chi connectivity index (χ1n) is 5.52. The van der Waals surface area contributed by atoms with Crippen LogP contribution >= 0.6 is 0 Å². The van der Waals surface area contributed by atoms with Gasteiger partial charge in [0.05, 0.1) is 5.60 Å². The van der Waals surface area contributed by atoms with Gasteiger partial charge >= 0.3 is 0 Å². The molecule has 0 unspecified atom stereocenters. The van der Waals surface area contributed by atoms with Crippen molar-refractivity contribution in [3.63, 3.8) is 0 Å². The Hall–Kier alpha value is -0.0800. The number of rotatable bonds is 5. The molecule has 0 saturated heterocycles. The highest BCUT2D eigenvalue weighted by Gasteiger charge is 2.26. The van der Waals surface area contributed by atoms with Gasteiger partial charge in [0.1, 0.15) is 0 Å². The lowest BCUT2D eigenvalue weighted by molar-refractivity contribution is -0.0580. The van der Waals surface area contributed by atoms with E-state index < -0.39 is 0 Å². The van der Waals surface area contributed by atoms with Crippen LogP contribution in [0.1, 0.15) is 51.9 Å². The monoisotopic (exact) mass is 186 g/mol. The highest BCUT2D eigenvalue weighted by Crippen LogP contribution is 2.30. The Balaban J connectivity index is 2.10. The summed E-state index contributed by atoms with van der Waals surface area (Å²) in [6, 6.07) is 0. The van der Waals surface area contributed by atoms with Gasteiger partial charge in [-0.15, -0.1) is 0 Å². The van der Waals surface area contributed by atoms with Crippen LogP contribution in [0.2, 0.25) is 0 Å². The van der Waals surface area contributed by atoms with E-state index >= 15 is 0 Å². The molecule has 0 aromatic rings. The summed E-state index contributed by atoms with van der Waals surface area (Å²) in [7, 11) is 0. The van der Waals surface area contributed by atoms with E-state index in [1.54, 1.807) is 0 Å². The van der Waals surface area contributed by atoms with Crippen LogP contribution < -0.4 is 0 Å². The molecule has 0 spiro atoms. The van der Waals surface area contributed by atoms with Crippen molar-refractivity contribution in [1.29, 1.82) is 0 Å². The molecule has 2 heteroatoms. The molecule has 1 rings (SSSR count). The average Bonchev–Trinajstić information content (AvgIpc) is 2.14. The maximum atomic E-state index is 8.61. The van der Waals surface area contributed by atoms with E-state index in [9.17, 15) is 0 Å². The minimum Gasteiger partial charge on any atom is -0.396 e. The highest BCUT2D eigenvalue weighted by atomic mass is 16.5. The molecule has 2 nitrogen and oxygen atoms in total. The van der Waals surface area contributed by atoms with Gasteiger partial charge in [0.25, 0.3) is 0 Å². The minimum atomic E-state index is 0.147. The largest absolute Gasteiger partial charge is 0.396 e. The molecule has 0 atom stereocenters. The van der Waals surface area contributed by atoms with Crippen LogP contribution in [0.25, 0.3) is 0 Å². The topological polar surface area (TPSA) is 29.5 Å². The maximum absolute atomic E-state index is 8.61. The van der Waals surface area contributed by atoms with Gasteiger partial charge in [-0.2, -0.15) is 0 Å². The number of hydrogen-bond donors (Lipinski definition) is 1. The summed E-state index contributed by atoms with van der Waals surface area (Å²) in [5.41, 5.74) is 0.147. The third kappa shape index (κ3) is 4.10. The molecule has 0 aromatic heterocycles. The van der Waals surface area contributed by atoms with Crippen molar-refractivity contribution >= 4 is 0 Å². The summed E-state index contributed by atoms with van der Waals surface area (Å²) in [4.78, 5) is 0. The van der Waals surface area contributed by atoms with Crippen molar-refractivity contribution in [2.24, 2.45) is 0 Å². The molecule has 0 amide bonds. The summed E-state index contributed by atoms with van der Waals surface area (Å²) >= 11 is 0. The summed E-state index contributed by atoms with van der Waals surface area (Å²) in [6.45, 7) is 3.34. The molecule has 0 radical (unpaired) electrons. The molecule has 1 aliphatic rings. The predicted octanol–water partition coefficient (Wildman–Crippen LogP) is 2.50. The average molecular weight is 186 g/mol. The van der Waals surface area contributed by atoms with Crippen LogP contribution in [-0.4, -0.2) is 23.9 Å². The summed E-state index contributed by atoms with van der Waals surface area (Å²) in [6.07, 6.45) is 8.29. The molecule has 78 valence electrons. The molecule has 0 bridgehead atoms. The third-order valence-corrected chi connectivity index (χ3v) is 2.91. The summed E-state index contributed by atoms with van der Waals surface area (Å²) in [5, 5.41) is 8.61. The Kier molecular flexibility index (Phi) is 4.74. The van der Waals surface area contributed by atoms with Crippen LogP contribution in [0, 0.1) is 0 Å². The first-order valence-corrected chi connectivity index (χ1v) is 5.52. The number of aliphatic hydroxyl groups is 1. The van der Waals surface area contributed by atoms with Crippen LogP contribution in [0.3, 0.4) is 0 Å². The lowest BCUT2D eigenvalue weighted by atomic mass is 9.86. The van der Waals surface area contributed by atoms with E-state index in [4.69, 9.17) is 9.84 Å².